The van der Waals surface area contributed by atoms with E-state index in [0.29, 0.717) is 19.4 Å². The molecule has 2 unspecified atom stereocenters. The van der Waals surface area contributed by atoms with Crippen molar-refractivity contribution in [2.45, 2.75) is 32.7 Å². The van der Waals surface area contributed by atoms with Gasteiger partial charge < -0.3 is 15.7 Å². The van der Waals surface area contributed by atoms with Crippen LogP contribution in [0.1, 0.15) is 26.7 Å². The van der Waals surface area contributed by atoms with Crippen LogP contribution in [0.5, 0.6) is 0 Å². The lowest BCUT2D eigenvalue weighted by Gasteiger charge is -2.20. The minimum absolute atomic E-state index is 0.0948. The Kier molecular flexibility index (Phi) is 7.00. The summed E-state index contributed by atoms with van der Waals surface area (Å²) in [6.07, 6.45) is 3.04. The number of nitrogens with one attached hydrogen (secondary N) is 2. The van der Waals surface area contributed by atoms with Gasteiger partial charge in [0, 0.05) is 6.54 Å². The Morgan fingerprint density at radius 2 is 2.12 bits per heavy atom. The van der Waals surface area contributed by atoms with Crippen LogP contribution in [0.2, 0.25) is 0 Å². The van der Waals surface area contributed by atoms with Crippen LogP contribution in [0.3, 0.4) is 0 Å². The molecule has 0 saturated carbocycles. The van der Waals surface area contributed by atoms with Crippen molar-refractivity contribution < 1.29 is 14.7 Å². The number of hydrogen-bond donors (Lipinski definition) is 3. The molecule has 5 heteroatoms. The number of hydrogen-bond acceptors (Lipinski definition) is 2. The molecular weight excluding hydrogens is 208 g/mol. The standard InChI is InChI=1S/C11H20N2O3/c1-4-6-7-12-11(16)13-9(10(14)15)8(3)5-2/h4,8-9H,1,5-7H2,2-3H3,(H,14,15)(H2,12,13,16). The number of rotatable bonds is 7. The molecule has 92 valence electrons. The number of carboxylic acids is 1. The molecule has 0 aliphatic carbocycles. The monoisotopic (exact) mass is 228 g/mol. The minimum Gasteiger partial charge on any atom is -0.480 e. The molecule has 0 bridgehead atoms. The lowest BCUT2D eigenvalue weighted by atomic mass is 9.99. The summed E-state index contributed by atoms with van der Waals surface area (Å²) in [5, 5.41) is 13.9. The van der Waals surface area contributed by atoms with Gasteiger partial charge in [-0.1, -0.05) is 26.3 Å². The van der Waals surface area contributed by atoms with Crippen molar-refractivity contribution in [3.05, 3.63) is 12.7 Å². The van der Waals surface area contributed by atoms with E-state index in [1.807, 2.05) is 6.92 Å². The zero-order valence-corrected chi connectivity index (χ0v) is 9.82. The molecule has 0 aromatic carbocycles. The molecular formula is C11H20N2O3. The number of carboxylic acid groups (broad SMARTS) is 1. The molecule has 0 rings (SSSR count). The van der Waals surface area contributed by atoms with Crippen molar-refractivity contribution in [2.24, 2.45) is 5.92 Å². The fourth-order valence-electron chi connectivity index (χ4n) is 1.16. The molecule has 2 atom stereocenters. The molecule has 0 aromatic rings. The quantitative estimate of drug-likeness (QED) is 0.455. The Labute approximate surface area is 95.9 Å². The van der Waals surface area contributed by atoms with Crippen LogP contribution >= 0.6 is 0 Å². The zero-order chi connectivity index (χ0) is 12.6. The van der Waals surface area contributed by atoms with Crippen LogP contribution in [0.15, 0.2) is 12.7 Å². The molecule has 0 aliphatic rings. The van der Waals surface area contributed by atoms with Gasteiger partial charge in [-0.25, -0.2) is 9.59 Å². The van der Waals surface area contributed by atoms with Crippen molar-refractivity contribution in [1.82, 2.24) is 10.6 Å². The van der Waals surface area contributed by atoms with E-state index in [1.54, 1.807) is 13.0 Å². The Balaban J connectivity index is 4.13. The first kappa shape index (κ1) is 14.5. The summed E-state index contributed by atoms with van der Waals surface area (Å²) in [5.74, 6) is -1.10. The minimum atomic E-state index is -1.01. The first-order chi connectivity index (χ1) is 7.52. The number of amides is 2. The van der Waals surface area contributed by atoms with Gasteiger partial charge in [0.2, 0.25) is 0 Å². The number of urea groups is 1. The highest BCUT2D eigenvalue weighted by Crippen LogP contribution is 2.07. The van der Waals surface area contributed by atoms with Gasteiger partial charge in [-0.3, -0.25) is 0 Å². The predicted molar refractivity (Wildman–Crippen MR) is 62.2 cm³/mol. The summed E-state index contributed by atoms with van der Waals surface area (Å²) in [6.45, 7) is 7.66. The fraction of sp³-hybridized carbons (Fsp3) is 0.636. The highest BCUT2D eigenvalue weighted by atomic mass is 16.4. The van der Waals surface area contributed by atoms with Crippen molar-refractivity contribution in [3.8, 4) is 0 Å². The van der Waals surface area contributed by atoms with Gasteiger partial charge in [0.1, 0.15) is 6.04 Å². The van der Waals surface area contributed by atoms with Crippen LogP contribution < -0.4 is 10.6 Å². The summed E-state index contributed by atoms with van der Waals surface area (Å²) < 4.78 is 0. The van der Waals surface area contributed by atoms with E-state index in [2.05, 4.69) is 17.2 Å². The van der Waals surface area contributed by atoms with E-state index in [1.165, 1.54) is 0 Å². The zero-order valence-electron chi connectivity index (χ0n) is 9.82. The first-order valence-electron chi connectivity index (χ1n) is 5.41. The fourth-order valence-corrected chi connectivity index (χ4v) is 1.16. The SMILES string of the molecule is C=CCCNC(=O)NC(C(=O)O)C(C)CC. The second kappa shape index (κ2) is 7.73. The van der Waals surface area contributed by atoms with Crippen LogP contribution in [0.25, 0.3) is 0 Å². The van der Waals surface area contributed by atoms with Gasteiger partial charge in [-0.2, -0.15) is 0 Å². The van der Waals surface area contributed by atoms with E-state index in [9.17, 15) is 9.59 Å². The molecule has 0 fully saturated rings. The Morgan fingerprint density at radius 3 is 2.56 bits per heavy atom. The molecule has 16 heavy (non-hydrogen) atoms. The van der Waals surface area contributed by atoms with E-state index in [4.69, 9.17) is 5.11 Å². The first-order valence-corrected chi connectivity index (χ1v) is 5.41. The van der Waals surface area contributed by atoms with E-state index >= 15 is 0 Å². The Hall–Kier alpha value is -1.52. The second-order valence-corrected chi connectivity index (χ2v) is 3.68. The maximum Gasteiger partial charge on any atom is 0.326 e. The molecule has 0 aliphatic heterocycles. The number of carbonyl (C=O) groups excluding carboxylic acids is 1. The van der Waals surface area contributed by atoms with E-state index in [-0.39, 0.29) is 5.92 Å². The van der Waals surface area contributed by atoms with Gasteiger partial charge >= 0.3 is 12.0 Å². The third kappa shape index (κ3) is 5.38. The lowest BCUT2D eigenvalue weighted by Crippen LogP contribution is -2.49. The van der Waals surface area contributed by atoms with Crippen LogP contribution in [0.4, 0.5) is 4.79 Å². The molecule has 0 aromatic heterocycles. The summed E-state index contributed by atoms with van der Waals surface area (Å²) in [6, 6.07) is -1.29. The van der Waals surface area contributed by atoms with Crippen LogP contribution in [0, 0.1) is 5.92 Å². The molecule has 0 radical (unpaired) electrons. The van der Waals surface area contributed by atoms with Gasteiger partial charge in [0.25, 0.3) is 0 Å². The molecule has 0 saturated heterocycles. The van der Waals surface area contributed by atoms with Gasteiger partial charge in [0.15, 0.2) is 0 Å². The van der Waals surface area contributed by atoms with E-state index < -0.39 is 18.0 Å². The maximum absolute atomic E-state index is 11.3. The van der Waals surface area contributed by atoms with Crippen molar-refractivity contribution >= 4 is 12.0 Å². The summed E-state index contributed by atoms with van der Waals surface area (Å²) in [7, 11) is 0. The molecule has 0 spiro atoms. The number of aliphatic carboxylic acids is 1. The topological polar surface area (TPSA) is 78.4 Å². The average Bonchev–Trinajstić information content (AvgIpc) is 2.25. The normalized spacial score (nSPS) is 13.6. The average molecular weight is 228 g/mol. The van der Waals surface area contributed by atoms with Crippen LogP contribution in [-0.2, 0) is 4.79 Å². The summed E-state index contributed by atoms with van der Waals surface area (Å²) >= 11 is 0. The summed E-state index contributed by atoms with van der Waals surface area (Å²) in [4.78, 5) is 22.2. The molecule has 2 amide bonds. The third-order valence-electron chi connectivity index (χ3n) is 2.40. The van der Waals surface area contributed by atoms with E-state index in [0.717, 1.165) is 0 Å². The smallest absolute Gasteiger partial charge is 0.326 e. The Morgan fingerprint density at radius 1 is 1.50 bits per heavy atom. The maximum atomic E-state index is 11.3. The van der Waals surface area contributed by atoms with Gasteiger partial charge in [-0.05, 0) is 12.3 Å². The molecule has 0 heterocycles. The highest BCUT2D eigenvalue weighted by Gasteiger charge is 2.24. The van der Waals surface area contributed by atoms with Crippen LogP contribution in [-0.4, -0.2) is 29.7 Å². The second-order valence-electron chi connectivity index (χ2n) is 3.68. The highest BCUT2D eigenvalue weighted by molar-refractivity contribution is 5.82. The molecule has 3 N–H and O–H groups in total. The Bertz CT molecular complexity index is 254. The van der Waals surface area contributed by atoms with Crippen molar-refractivity contribution in [3.63, 3.8) is 0 Å². The molecule has 5 nitrogen and oxygen atoms in total. The van der Waals surface area contributed by atoms with Crippen molar-refractivity contribution in [2.75, 3.05) is 6.54 Å². The van der Waals surface area contributed by atoms with Crippen molar-refractivity contribution in [1.29, 1.82) is 0 Å². The largest absolute Gasteiger partial charge is 0.480 e. The van der Waals surface area contributed by atoms with Gasteiger partial charge in [0.05, 0.1) is 0 Å². The lowest BCUT2D eigenvalue weighted by molar-refractivity contribution is -0.140. The predicted octanol–water partition coefficient (Wildman–Crippen LogP) is 1.36. The van der Waals surface area contributed by atoms with Gasteiger partial charge in [-0.15, -0.1) is 6.58 Å². The summed E-state index contributed by atoms with van der Waals surface area (Å²) in [5.41, 5.74) is 0. The number of carbonyl (C=O) groups is 2. The third-order valence-corrected chi connectivity index (χ3v) is 2.40.